The van der Waals surface area contributed by atoms with Crippen LogP contribution in [0.3, 0.4) is 0 Å². The Balaban J connectivity index is 1.68. The molecular weight excluding hydrogens is 344 g/mol. The van der Waals surface area contributed by atoms with Crippen LogP contribution < -0.4 is 5.32 Å². The third-order valence-electron chi connectivity index (χ3n) is 5.73. The second kappa shape index (κ2) is 6.84. The average molecular weight is 370 g/mol. The molecule has 0 radical (unpaired) electrons. The van der Waals surface area contributed by atoms with Crippen LogP contribution >= 0.6 is 0 Å². The molecule has 3 aliphatic heterocycles. The SMILES string of the molecule is Cc1ccccc1CN1C(N2CCN(C)CC2)=NC2C1C(=O)NC(=O)N2C. The van der Waals surface area contributed by atoms with Crippen molar-refractivity contribution < 1.29 is 9.59 Å². The van der Waals surface area contributed by atoms with Crippen molar-refractivity contribution in [3.8, 4) is 0 Å². The number of nitrogens with zero attached hydrogens (tertiary/aromatic N) is 5. The molecule has 1 N–H and O–H groups in total. The first-order valence-electron chi connectivity index (χ1n) is 9.36. The zero-order valence-electron chi connectivity index (χ0n) is 16.1. The van der Waals surface area contributed by atoms with E-state index >= 15 is 0 Å². The van der Waals surface area contributed by atoms with E-state index in [0.717, 1.165) is 37.7 Å². The van der Waals surface area contributed by atoms with E-state index in [2.05, 4.69) is 46.1 Å². The number of nitrogens with one attached hydrogen (secondary N) is 1. The predicted octanol–water partition coefficient (Wildman–Crippen LogP) is 0.290. The smallest absolute Gasteiger partial charge is 0.325 e. The third-order valence-corrected chi connectivity index (χ3v) is 5.73. The van der Waals surface area contributed by atoms with Gasteiger partial charge < -0.3 is 19.6 Å². The van der Waals surface area contributed by atoms with Crippen LogP contribution in [0.15, 0.2) is 29.3 Å². The van der Waals surface area contributed by atoms with Gasteiger partial charge >= 0.3 is 6.03 Å². The number of hydrogen-bond donors (Lipinski definition) is 1. The fraction of sp³-hybridized carbons (Fsp3) is 0.526. The number of fused-ring (bicyclic) bond motifs is 1. The van der Waals surface area contributed by atoms with Gasteiger partial charge in [0, 0.05) is 39.8 Å². The molecule has 0 aromatic heterocycles. The van der Waals surface area contributed by atoms with Crippen LogP contribution in [-0.2, 0) is 11.3 Å². The Labute approximate surface area is 159 Å². The molecule has 0 saturated carbocycles. The van der Waals surface area contributed by atoms with Crippen LogP contribution in [-0.4, -0.2) is 90.0 Å². The molecule has 8 heteroatoms. The average Bonchev–Trinajstić information content (AvgIpc) is 3.02. The summed E-state index contributed by atoms with van der Waals surface area (Å²) in [5, 5.41) is 2.47. The van der Waals surface area contributed by atoms with Crippen molar-refractivity contribution >= 4 is 17.9 Å². The molecule has 0 aliphatic carbocycles. The fourth-order valence-electron chi connectivity index (χ4n) is 3.92. The highest BCUT2D eigenvalue weighted by Crippen LogP contribution is 2.28. The molecule has 2 fully saturated rings. The van der Waals surface area contributed by atoms with Gasteiger partial charge in [-0.3, -0.25) is 10.1 Å². The number of piperazine rings is 1. The summed E-state index contributed by atoms with van der Waals surface area (Å²) in [7, 11) is 3.81. The highest BCUT2D eigenvalue weighted by atomic mass is 16.2. The van der Waals surface area contributed by atoms with Gasteiger partial charge in [-0.1, -0.05) is 24.3 Å². The Bertz CT molecular complexity index is 786. The first-order chi connectivity index (χ1) is 13.0. The quantitative estimate of drug-likeness (QED) is 0.810. The van der Waals surface area contributed by atoms with Gasteiger partial charge in [0.2, 0.25) is 0 Å². The first kappa shape index (κ1) is 17.8. The Morgan fingerprint density at radius 3 is 2.52 bits per heavy atom. The van der Waals surface area contributed by atoms with Gasteiger partial charge in [-0.15, -0.1) is 0 Å². The Hall–Kier alpha value is -2.61. The predicted molar refractivity (Wildman–Crippen MR) is 102 cm³/mol. The minimum Gasteiger partial charge on any atom is -0.340 e. The van der Waals surface area contributed by atoms with E-state index in [1.165, 1.54) is 10.5 Å². The van der Waals surface area contributed by atoms with E-state index in [0.29, 0.717) is 6.54 Å². The number of amides is 3. The summed E-state index contributed by atoms with van der Waals surface area (Å²) in [4.78, 5) is 37.7. The van der Waals surface area contributed by atoms with Gasteiger partial charge in [0.05, 0.1) is 0 Å². The number of guanidine groups is 1. The summed E-state index contributed by atoms with van der Waals surface area (Å²) in [5.74, 6) is 0.544. The summed E-state index contributed by atoms with van der Waals surface area (Å²) in [6.45, 7) is 6.29. The van der Waals surface area contributed by atoms with E-state index in [9.17, 15) is 9.59 Å². The van der Waals surface area contributed by atoms with Crippen molar-refractivity contribution in [1.29, 1.82) is 0 Å². The molecule has 144 valence electrons. The van der Waals surface area contributed by atoms with Gasteiger partial charge in [0.1, 0.15) is 0 Å². The van der Waals surface area contributed by atoms with E-state index in [4.69, 9.17) is 4.99 Å². The highest BCUT2D eigenvalue weighted by molar-refractivity contribution is 6.03. The number of aryl methyl sites for hydroxylation is 1. The minimum absolute atomic E-state index is 0.274. The topological polar surface area (TPSA) is 71.5 Å². The molecule has 3 amide bonds. The zero-order chi connectivity index (χ0) is 19.1. The number of likely N-dealkylation sites (N-methyl/N-ethyl adjacent to an activating group) is 2. The molecule has 3 heterocycles. The molecule has 3 aliphatic rings. The molecular formula is C19H26N6O2. The van der Waals surface area contributed by atoms with Gasteiger partial charge in [0.25, 0.3) is 5.91 Å². The molecule has 2 saturated heterocycles. The molecule has 1 aromatic rings. The number of imide groups is 1. The fourth-order valence-corrected chi connectivity index (χ4v) is 3.92. The summed E-state index contributed by atoms with van der Waals surface area (Å²) in [6, 6.07) is 7.30. The number of urea groups is 1. The maximum atomic E-state index is 12.7. The molecule has 1 aromatic carbocycles. The lowest BCUT2D eigenvalue weighted by atomic mass is 10.1. The van der Waals surface area contributed by atoms with Crippen molar-refractivity contribution in [2.45, 2.75) is 25.7 Å². The van der Waals surface area contributed by atoms with Crippen LogP contribution in [0.2, 0.25) is 0 Å². The number of hydrogen-bond acceptors (Lipinski definition) is 6. The van der Waals surface area contributed by atoms with Crippen LogP contribution in [0, 0.1) is 6.92 Å². The molecule has 2 atom stereocenters. The van der Waals surface area contributed by atoms with E-state index < -0.39 is 12.2 Å². The lowest BCUT2D eigenvalue weighted by Gasteiger charge is -2.40. The molecule has 0 spiro atoms. The minimum atomic E-state index is -0.498. The molecule has 27 heavy (non-hydrogen) atoms. The monoisotopic (exact) mass is 370 g/mol. The lowest BCUT2D eigenvalue weighted by molar-refractivity contribution is -0.127. The Kier molecular flexibility index (Phi) is 4.51. The maximum absolute atomic E-state index is 12.7. The molecule has 0 bridgehead atoms. The van der Waals surface area contributed by atoms with Crippen molar-refractivity contribution in [1.82, 2.24) is 24.9 Å². The second-order valence-electron chi connectivity index (χ2n) is 7.54. The Morgan fingerprint density at radius 1 is 1.11 bits per heavy atom. The Morgan fingerprint density at radius 2 is 1.81 bits per heavy atom. The standard InChI is InChI=1S/C19H26N6O2/c1-13-6-4-5-7-14(13)12-25-15-16(23(3)19(27)21-17(15)26)20-18(25)24-10-8-22(2)9-11-24/h4-7,15-16H,8-12H2,1-3H3,(H,21,26,27). The lowest BCUT2D eigenvalue weighted by Crippen LogP contribution is -2.64. The van der Waals surface area contributed by atoms with Crippen molar-refractivity contribution in [2.24, 2.45) is 4.99 Å². The van der Waals surface area contributed by atoms with Gasteiger partial charge in [0.15, 0.2) is 18.2 Å². The number of benzene rings is 1. The number of carbonyl (C=O) groups excluding carboxylic acids is 2. The number of aliphatic imine (C=N–C) groups is 1. The molecule has 2 unspecified atom stereocenters. The summed E-state index contributed by atoms with van der Waals surface area (Å²) in [6.07, 6.45) is -0.482. The first-order valence-corrected chi connectivity index (χ1v) is 9.36. The van der Waals surface area contributed by atoms with Crippen LogP contribution in [0.25, 0.3) is 0 Å². The summed E-state index contributed by atoms with van der Waals surface area (Å²) >= 11 is 0. The second-order valence-corrected chi connectivity index (χ2v) is 7.54. The number of rotatable bonds is 2. The normalized spacial score (nSPS) is 26.2. The van der Waals surface area contributed by atoms with Crippen LogP contribution in [0.1, 0.15) is 11.1 Å². The van der Waals surface area contributed by atoms with Crippen molar-refractivity contribution in [2.75, 3.05) is 40.3 Å². The van der Waals surface area contributed by atoms with Crippen molar-refractivity contribution in [3.05, 3.63) is 35.4 Å². The molecule has 4 rings (SSSR count). The maximum Gasteiger partial charge on any atom is 0.325 e. The number of carbonyl (C=O) groups is 2. The van der Waals surface area contributed by atoms with E-state index in [1.807, 2.05) is 12.1 Å². The van der Waals surface area contributed by atoms with Gasteiger partial charge in [-0.05, 0) is 25.1 Å². The van der Waals surface area contributed by atoms with Crippen molar-refractivity contribution in [3.63, 3.8) is 0 Å². The summed E-state index contributed by atoms with van der Waals surface area (Å²) in [5.41, 5.74) is 2.34. The van der Waals surface area contributed by atoms with Crippen LogP contribution in [0.5, 0.6) is 0 Å². The highest BCUT2D eigenvalue weighted by Gasteiger charge is 2.49. The van der Waals surface area contributed by atoms with Gasteiger partial charge in [-0.2, -0.15) is 0 Å². The van der Waals surface area contributed by atoms with Gasteiger partial charge in [-0.25, -0.2) is 9.79 Å². The van der Waals surface area contributed by atoms with Crippen LogP contribution in [0.4, 0.5) is 4.79 Å². The van der Waals surface area contributed by atoms with E-state index in [-0.39, 0.29) is 11.9 Å². The zero-order valence-corrected chi connectivity index (χ0v) is 16.1. The largest absolute Gasteiger partial charge is 0.340 e. The third kappa shape index (κ3) is 3.14. The summed E-state index contributed by atoms with van der Waals surface area (Å²) < 4.78 is 0. The van der Waals surface area contributed by atoms with E-state index in [1.54, 1.807) is 7.05 Å². The molecule has 8 nitrogen and oxygen atoms in total.